The number of nitrogens with two attached hydrogens (primary N) is 1. The molecule has 296 valence electrons. The average molecular weight is 721 g/mol. The van der Waals surface area contributed by atoms with Crippen LogP contribution in [0.4, 0.5) is 0 Å². The maximum Gasteiger partial charge on any atom is 0.327 e. The third-order valence-electron chi connectivity index (χ3n) is 7.30. The van der Waals surface area contributed by atoms with E-state index in [1.54, 1.807) is 26.8 Å². The maximum absolute atomic E-state index is 11.2. The van der Waals surface area contributed by atoms with E-state index in [0.29, 0.717) is 0 Å². The Morgan fingerprint density at radius 3 is 1.25 bits per heavy atom. The number of carboxylic acid groups (broad SMARTS) is 2. The standard InChI is InChI=1S/C20H35NO3.C16H28O2.C6H13NO2/c1-2-3-4-5-6-7-8-9-10-11-12-13-14-15-16-17-19(22)21-18-20(23)24;1-2-3-4-5-6-7-8-9-10-11-12-13-14-15-16(17)18;1-6(2,3)9-5(8)4-7/h7-8,16-17H,2-6,9-15,18H2,1H3,(H,21,22)(H,23,24);7-8,14-15H,2-6,9-13H2,1H3,(H,17,18);4,7H2,1-3H3/b8-7-,17-16+;8-7-,15-14+;. The van der Waals surface area contributed by atoms with E-state index in [-0.39, 0.29) is 25.0 Å². The first-order valence-electron chi connectivity index (χ1n) is 19.7. The first kappa shape index (κ1) is 52.2. The predicted molar refractivity (Wildman–Crippen MR) is 213 cm³/mol. The fraction of sp³-hybridized carbons (Fsp3) is 0.714. The molecule has 0 aromatic carbocycles. The summed E-state index contributed by atoms with van der Waals surface area (Å²) in [5.41, 5.74) is 4.60. The number of carbonyl (C=O) groups excluding carboxylic acids is 2. The Morgan fingerprint density at radius 1 is 0.569 bits per heavy atom. The number of esters is 1. The highest BCUT2D eigenvalue weighted by Gasteiger charge is 2.14. The van der Waals surface area contributed by atoms with Crippen LogP contribution < -0.4 is 11.1 Å². The third kappa shape index (κ3) is 56.4. The lowest BCUT2D eigenvalue weighted by atomic mass is 10.1. The van der Waals surface area contributed by atoms with Crippen LogP contribution in [0.1, 0.15) is 176 Å². The minimum absolute atomic E-state index is 0.0444. The van der Waals surface area contributed by atoms with Gasteiger partial charge in [0, 0.05) is 6.08 Å². The monoisotopic (exact) mass is 721 g/mol. The van der Waals surface area contributed by atoms with Crippen molar-refractivity contribution < 1.29 is 34.1 Å². The molecule has 0 heterocycles. The summed E-state index contributed by atoms with van der Waals surface area (Å²) in [6.07, 6.45) is 42.2. The molecule has 0 radical (unpaired) electrons. The summed E-state index contributed by atoms with van der Waals surface area (Å²) in [7, 11) is 0. The number of hydrogen-bond donors (Lipinski definition) is 4. The van der Waals surface area contributed by atoms with Crippen molar-refractivity contribution in [1.82, 2.24) is 5.32 Å². The second-order valence-electron chi connectivity index (χ2n) is 13.7. The molecule has 0 aliphatic heterocycles. The number of unbranched alkanes of at least 4 members (excludes halogenated alkanes) is 18. The first-order chi connectivity index (χ1) is 24.4. The number of carbonyl (C=O) groups is 4. The molecule has 9 nitrogen and oxygen atoms in total. The summed E-state index contributed by atoms with van der Waals surface area (Å²) in [5, 5.41) is 19.1. The fourth-order valence-electron chi connectivity index (χ4n) is 4.58. The van der Waals surface area contributed by atoms with E-state index in [4.69, 9.17) is 20.7 Å². The van der Waals surface area contributed by atoms with Gasteiger partial charge in [0.2, 0.25) is 5.91 Å². The topological polar surface area (TPSA) is 156 Å². The highest BCUT2D eigenvalue weighted by molar-refractivity contribution is 5.89. The van der Waals surface area contributed by atoms with Crippen molar-refractivity contribution in [3.63, 3.8) is 0 Å². The Labute approximate surface area is 311 Å². The van der Waals surface area contributed by atoms with E-state index < -0.39 is 17.5 Å². The zero-order valence-corrected chi connectivity index (χ0v) is 33.1. The van der Waals surface area contributed by atoms with Crippen LogP contribution in [0, 0.1) is 0 Å². The summed E-state index contributed by atoms with van der Waals surface area (Å²) in [5.74, 6) is -2.56. The minimum Gasteiger partial charge on any atom is -0.480 e. The van der Waals surface area contributed by atoms with Gasteiger partial charge in [-0.15, -0.1) is 0 Å². The van der Waals surface area contributed by atoms with E-state index in [1.165, 1.54) is 121 Å². The molecule has 0 spiro atoms. The molecular weight excluding hydrogens is 644 g/mol. The molecule has 0 atom stereocenters. The molecule has 1 amide bonds. The number of carboxylic acids is 2. The fourth-order valence-corrected chi connectivity index (χ4v) is 4.58. The molecule has 5 N–H and O–H groups in total. The zero-order chi connectivity index (χ0) is 38.9. The predicted octanol–water partition coefficient (Wildman–Crippen LogP) is 10.4. The SMILES string of the molecule is CC(C)(C)OC(=O)CN.CCCCCC/C=C\CCCCC/C=C/C(=O)O.CCCCCC/C=C\CCCCCCC/C=C/C(=O)NCC(=O)O. The number of nitrogens with one attached hydrogen (secondary N) is 1. The normalized spacial score (nSPS) is 11.4. The Hall–Kier alpha value is -3.20. The molecule has 0 aliphatic carbocycles. The quantitative estimate of drug-likeness (QED) is 0.0257. The van der Waals surface area contributed by atoms with E-state index in [2.05, 4.69) is 43.5 Å². The van der Waals surface area contributed by atoms with Gasteiger partial charge in [-0.25, -0.2) is 4.79 Å². The lowest BCUT2D eigenvalue weighted by Gasteiger charge is -2.18. The van der Waals surface area contributed by atoms with Gasteiger partial charge in [0.1, 0.15) is 12.1 Å². The highest BCUT2D eigenvalue weighted by Crippen LogP contribution is 2.10. The summed E-state index contributed by atoms with van der Waals surface area (Å²) in [4.78, 5) is 42.2. The second-order valence-corrected chi connectivity index (χ2v) is 13.7. The Morgan fingerprint density at radius 2 is 0.922 bits per heavy atom. The van der Waals surface area contributed by atoms with Gasteiger partial charge in [-0.1, -0.05) is 115 Å². The molecule has 0 bridgehead atoms. The van der Waals surface area contributed by atoms with Gasteiger partial charge >= 0.3 is 17.9 Å². The average Bonchev–Trinajstić information content (AvgIpc) is 3.07. The summed E-state index contributed by atoms with van der Waals surface area (Å²) >= 11 is 0. The Kier molecular flexibility index (Phi) is 42.2. The molecule has 0 aromatic rings. The number of ether oxygens (including phenoxy) is 1. The van der Waals surface area contributed by atoms with Gasteiger partial charge < -0.3 is 26.0 Å². The Bertz CT molecular complexity index is 949. The van der Waals surface area contributed by atoms with Crippen molar-refractivity contribution >= 4 is 23.8 Å². The summed E-state index contributed by atoms with van der Waals surface area (Å²) in [6, 6.07) is 0. The molecule has 51 heavy (non-hydrogen) atoms. The molecule has 0 rings (SSSR count). The largest absolute Gasteiger partial charge is 0.480 e. The van der Waals surface area contributed by atoms with E-state index in [0.717, 1.165) is 32.1 Å². The lowest BCUT2D eigenvalue weighted by molar-refractivity contribution is -0.153. The number of allylic oxidation sites excluding steroid dienone is 6. The van der Waals surface area contributed by atoms with Crippen LogP contribution in [0.25, 0.3) is 0 Å². The van der Waals surface area contributed by atoms with Gasteiger partial charge in [0.25, 0.3) is 0 Å². The molecule has 0 unspecified atom stereocenters. The van der Waals surface area contributed by atoms with Crippen molar-refractivity contribution in [1.29, 1.82) is 0 Å². The summed E-state index contributed by atoms with van der Waals surface area (Å²) < 4.78 is 4.82. The van der Waals surface area contributed by atoms with E-state index in [9.17, 15) is 19.2 Å². The Balaban J connectivity index is -0.000000748. The van der Waals surface area contributed by atoms with Gasteiger partial charge in [-0.3, -0.25) is 14.4 Å². The zero-order valence-electron chi connectivity index (χ0n) is 33.1. The maximum atomic E-state index is 11.2. The number of amides is 1. The second kappa shape index (κ2) is 41.2. The number of hydrogen-bond acceptors (Lipinski definition) is 6. The molecule has 0 saturated carbocycles. The number of aliphatic carboxylic acids is 2. The van der Waals surface area contributed by atoms with Crippen molar-refractivity contribution in [3.05, 3.63) is 48.6 Å². The van der Waals surface area contributed by atoms with Crippen molar-refractivity contribution in [2.24, 2.45) is 5.73 Å². The van der Waals surface area contributed by atoms with Crippen LogP contribution >= 0.6 is 0 Å². The van der Waals surface area contributed by atoms with Crippen LogP contribution in [0.15, 0.2) is 48.6 Å². The molecule has 0 aliphatic rings. The van der Waals surface area contributed by atoms with Crippen molar-refractivity contribution in [2.75, 3.05) is 13.1 Å². The van der Waals surface area contributed by atoms with Gasteiger partial charge in [0.05, 0.1) is 6.54 Å². The van der Waals surface area contributed by atoms with E-state index >= 15 is 0 Å². The minimum atomic E-state index is -1.02. The van der Waals surface area contributed by atoms with Crippen molar-refractivity contribution in [2.45, 2.75) is 181 Å². The van der Waals surface area contributed by atoms with Crippen molar-refractivity contribution in [3.8, 4) is 0 Å². The van der Waals surface area contributed by atoms with Crippen LogP contribution in [0.5, 0.6) is 0 Å². The van der Waals surface area contributed by atoms with Crippen LogP contribution in [-0.2, 0) is 23.9 Å². The van der Waals surface area contributed by atoms with Gasteiger partial charge in [-0.2, -0.15) is 0 Å². The number of rotatable bonds is 29. The van der Waals surface area contributed by atoms with Crippen LogP contribution in [0.2, 0.25) is 0 Å². The highest BCUT2D eigenvalue weighted by atomic mass is 16.6. The molecule has 0 fully saturated rings. The smallest absolute Gasteiger partial charge is 0.327 e. The molecular formula is C42H76N2O7. The molecule has 0 saturated heterocycles. The lowest BCUT2D eigenvalue weighted by Crippen LogP contribution is -2.28. The van der Waals surface area contributed by atoms with Gasteiger partial charge in [-0.05, 0) is 104 Å². The third-order valence-corrected chi connectivity index (χ3v) is 7.30. The molecule has 9 heteroatoms. The molecule has 0 aromatic heterocycles. The van der Waals surface area contributed by atoms with Gasteiger partial charge in [0.15, 0.2) is 0 Å². The van der Waals surface area contributed by atoms with E-state index in [1.807, 2.05) is 6.08 Å². The van der Waals surface area contributed by atoms with Crippen LogP contribution in [-0.4, -0.2) is 52.7 Å². The first-order valence-corrected chi connectivity index (χ1v) is 19.7. The van der Waals surface area contributed by atoms with Crippen LogP contribution in [0.3, 0.4) is 0 Å². The summed E-state index contributed by atoms with van der Waals surface area (Å²) in [6.45, 7) is 9.53.